The maximum atomic E-state index is 13.7. The van der Waals surface area contributed by atoms with Gasteiger partial charge < -0.3 is 30.3 Å². The fraction of sp³-hybridized carbons (Fsp3) is 0.500. The summed E-state index contributed by atoms with van der Waals surface area (Å²) in [6, 6.07) is 8.71. The van der Waals surface area contributed by atoms with Crippen molar-refractivity contribution in [3.8, 4) is 5.88 Å². The average molecular weight is 535 g/mol. The summed E-state index contributed by atoms with van der Waals surface area (Å²) in [6.07, 6.45) is 4.05. The van der Waals surface area contributed by atoms with Crippen LogP contribution in [-0.2, 0) is 5.41 Å². The average Bonchev–Trinajstić information content (AvgIpc) is 3.33. The van der Waals surface area contributed by atoms with Crippen LogP contribution in [0.25, 0.3) is 0 Å². The zero-order valence-corrected chi connectivity index (χ0v) is 22.6. The Morgan fingerprint density at radius 3 is 2.54 bits per heavy atom. The molecule has 0 spiro atoms. The number of hydrogen-bond acceptors (Lipinski definition) is 10. The molecule has 0 radical (unpaired) electrons. The summed E-state index contributed by atoms with van der Waals surface area (Å²) in [5.41, 5.74) is 2.67. The summed E-state index contributed by atoms with van der Waals surface area (Å²) in [5.74, 6) is 3.21. The fourth-order valence-corrected chi connectivity index (χ4v) is 6.45. The molecule has 0 unspecified atom stereocenters. The number of anilines is 5. The van der Waals surface area contributed by atoms with Gasteiger partial charge in [0.15, 0.2) is 0 Å². The van der Waals surface area contributed by atoms with E-state index in [1.54, 1.807) is 25.4 Å². The maximum Gasteiger partial charge on any atom is 0.235 e. The third kappa shape index (κ3) is 4.80. The minimum atomic E-state index is -0.268. The van der Waals surface area contributed by atoms with Crippen LogP contribution in [0.2, 0.25) is 0 Å². The number of piperidine rings is 1. The number of nitrogens with zero attached hydrogens (tertiary/aromatic N) is 6. The first-order chi connectivity index (χ1) is 18.9. The molecule has 4 heterocycles. The Labute approximate surface area is 227 Å². The van der Waals surface area contributed by atoms with Crippen molar-refractivity contribution < 1.29 is 14.2 Å². The van der Waals surface area contributed by atoms with Crippen LogP contribution in [0.1, 0.15) is 32.3 Å². The van der Waals surface area contributed by atoms with Crippen molar-refractivity contribution in [1.82, 2.24) is 20.2 Å². The largest absolute Gasteiger partial charge is 0.480 e. The lowest BCUT2D eigenvalue weighted by atomic mass is 9.88. The van der Waals surface area contributed by atoms with Crippen LogP contribution in [-0.4, -0.2) is 71.2 Å². The molecular weight excluding hydrogens is 499 g/mol. The Hall–Kier alpha value is -3.73. The van der Waals surface area contributed by atoms with E-state index in [1.807, 2.05) is 6.07 Å². The van der Waals surface area contributed by atoms with Gasteiger partial charge >= 0.3 is 0 Å². The van der Waals surface area contributed by atoms with Gasteiger partial charge in [-0.2, -0.15) is 15.1 Å². The maximum absolute atomic E-state index is 13.7. The zero-order chi connectivity index (χ0) is 27.1. The van der Waals surface area contributed by atoms with E-state index in [2.05, 4.69) is 44.5 Å². The SMILES string of the molecule is COc1cc(N2C[C@H]3CC[C@@H](C2)[C@@H]3Nc2nc(NCCO)c3c(n2)N(c2ccc(F)cc2)CC3(C)C)cnn1. The molecule has 206 valence electrons. The number of rotatable bonds is 8. The standard InChI is InChI=1S/C28H35FN8O2/c1-28(2)16-37(20-8-6-19(29)7-9-20)26-23(28)25(30-10-11-38)33-27(34-26)32-24-17-4-5-18(24)15-36(14-17)21-12-22(39-3)35-31-13-21/h6-9,12-13,17-18,24,38H,4-5,10-11,14-16H2,1-3H3,(H2,30,32,33,34)/t17-,18+,24-. The second-order valence-corrected chi connectivity index (χ2v) is 11.3. The summed E-state index contributed by atoms with van der Waals surface area (Å²) < 4.78 is 19.0. The summed E-state index contributed by atoms with van der Waals surface area (Å²) in [4.78, 5) is 14.5. The predicted molar refractivity (Wildman–Crippen MR) is 148 cm³/mol. The van der Waals surface area contributed by atoms with E-state index in [0.717, 1.165) is 54.5 Å². The van der Waals surface area contributed by atoms with Crippen molar-refractivity contribution in [1.29, 1.82) is 0 Å². The lowest BCUT2D eigenvalue weighted by molar-refractivity contribution is 0.311. The van der Waals surface area contributed by atoms with Gasteiger partial charge in [0.2, 0.25) is 11.8 Å². The highest BCUT2D eigenvalue weighted by Gasteiger charge is 2.44. The zero-order valence-electron chi connectivity index (χ0n) is 22.6. The number of aliphatic hydroxyl groups excluding tert-OH is 1. The van der Waals surface area contributed by atoms with Crippen molar-refractivity contribution in [3.63, 3.8) is 0 Å². The molecule has 6 rings (SSSR count). The van der Waals surface area contributed by atoms with Crippen LogP contribution in [0.15, 0.2) is 36.5 Å². The number of nitrogens with one attached hydrogen (secondary N) is 2. The fourth-order valence-electron chi connectivity index (χ4n) is 6.45. The second-order valence-electron chi connectivity index (χ2n) is 11.3. The summed E-state index contributed by atoms with van der Waals surface area (Å²) in [7, 11) is 1.60. The smallest absolute Gasteiger partial charge is 0.235 e. The first kappa shape index (κ1) is 25.5. The lowest BCUT2D eigenvalue weighted by Gasteiger charge is -2.39. The molecule has 10 nitrogen and oxygen atoms in total. The van der Waals surface area contributed by atoms with E-state index in [1.165, 1.54) is 12.1 Å². The molecule has 1 saturated carbocycles. The normalized spacial score (nSPS) is 23.1. The molecule has 2 aromatic heterocycles. The van der Waals surface area contributed by atoms with E-state index in [0.29, 0.717) is 36.8 Å². The molecule has 3 aromatic rings. The first-order valence-electron chi connectivity index (χ1n) is 13.5. The number of halogens is 1. The minimum Gasteiger partial charge on any atom is -0.480 e. The molecule has 3 atom stereocenters. The number of ether oxygens (including phenoxy) is 1. The molecule has 1 aliphatic carbocycles. The van der Waals surface area contributed by atoms with E-state index in [-0.39, 0.29) is 23.9 Å². The third-order valence-corrected chi connectivity index (χ3v) is 8.24. The van der Waals surface area contributed by atoms with E-state index in [9.17, 15) is 9.50 Å². The molecule has 1 saturated heterocycles. The van der Waals surface area contributed by atoms with Crippen molar-refractivity contribution in [2.75, 3.05) is 60.3 Å². The number of hydrogen-bond donors (Lipinski definition) is 3. The van der Waals surface area contributed by atoms with Gasteiger partial charge in [0.05, 0.1) is 25.6 Å². The van der Waals surface area contributed by atoms with Gasteiger partial charge in [-0.15, -0.1) is 5.10 Å². The summed E-state index contributed by atoms with van der Waals surface area (Å²) in [6.45, 7) is 7.21. The quantitative estimate of drug-likeness (QED) is 0.397. The number of methoxy groups -OCH3 is 1. The van der Waals surface area contributed by atoms with Crippen LogP contribution in [0.3, 0.4) is 0 Å². The summed E-state index contributed by atoms with van der Waals surface area (Å²) in [5, 5.41) is 24.7. The van der Waals surface area contributed by atoms with Crippen LogP contribution in [0.5, 0.6) is 5.88 Å². The second kappa shape index (κ2) is 10.1. The molecule has 11 heteroatoms. The van der Waals surface area contributed by atoms with Crippen molar-refractivity contribution >= 4 is 29.0 Å². The lowest BCUT2D eigenvalue weighted by Crippen LogP contribution is -2.48. The van der Waals surface area contributed by atoms with Crippen LogP contribution >= 0.6 is 0 Å². The van der Waals surface area contributed by atoms with Crippen molar-refractivity contribution in [2.24, 2.45) is 11.8 Å². The monoisotopic (exact) mass is 534 g/mol. The van der Waals surface area contributed by atoms with Gasteiger partial charge in [-0.1, -0.05) is 13.8 Å². The van der Waals surface area contributed by atoms with Crippen molar-refractivity contribution in [3.05, 3.63) is 47.9 Å². The van der Waals surface area contributed by atoms with Gasteiger partial charge in [0, 0.05) is 55.0 Å². The molecular formula is C28H35FN8O2. The van der Waals surface area contributed by atoms with Crippen LogP contribution in [0.4, 0.5) is 33.3 Å². The highest BCUT2D eigenvalue weighted by atomic mass is 19.1. The van der Waals surface area contributed by atoms with Gasteiger partial charge in [0.25, 0.3) is 0 Å². The Balaban J connectivity index is 1.30. The van der Waals surface area contributed by atoms with Gasteiger partial charge in [-0.05, 0) is 48.9 Å². The molecule has 39 heavy (non-hydrogen) atoms. The minimum absolute atomic E-state index is 0.000892. The van der Waals surface area contributed by atoms with E-state index in [4.69, 9.17) is 14.7 Å². The van der Waals surface area contributed by atoms with Gasteiger partial charge in [-0.3, -0.25) is 0 Å². The number of aromatic nitrogens is 4. The number of aliphatic hydroxyl groups is 1. The Kier molecular flexibility index (Phi) is 6.62. The van der Waals surface area contributed by atoms with E-state index < -0.39 is 0 Å². The van der Waals surface area contributed by atoms with Crippen LogP contribution < -0.4 is 25.2 Å². The number of benzene rings is 1. The van der Waals surface area contributed by atoms with E-state index >= 15 is 0 Å². The van der Waals surface area contributed by atoms with Gasteiger partial charge in [0.1, 0.15) is 17.5 Å². The Morgan fingerprint density at radius 1 is 1.10 bits per heavy atom. The Bertz CT molecular complexity index is 1320. The molecule has 0 amide bonds. The molecule has 3 N–H and O–H groups in total. The molecule has 2 fully saturated rings. The topological polar surface area (TPSA) is 112 Å². The van der Waals surface area contributed by atoms with Gasteiger partial charge in [-0.25, -0.2) is 4.39 Å². The highest BCUT2D eigenvalue weighted by Crippen LogP contribution is 2.47. The third-order valence-electron chi connectivity index (χ3n) is 8.24. The first-order valence-corrected chi connectivity index (χ1v) is 13.5. The Morgan fingerprint density at radius 2 is 1.85 bits per heavy atom. The molecule has 2 bridgehead atoms. The summed E-state index contributed by atoms with van der Waals surface area (Å²) >= 11 is 0. The molecule has 2 aliphatic heterocycles. The van der Waals surface area contributed by atoms with Crippen LogP contribution in [0, 0.1) is 17.7 Å². The highest BCUT2D eigenvalue weighted by molar-refractivity contribution is 5.75. The molecule has 1 aromatic carbocycles. The van der Waals surface area contributed by atoms with Crippen molar-refractivity contribution in [2.45, 2.75) is 38.1 Å². The predicted octanol–water partition coefficient (Wildman–Crippen LogP) is 3.57. The number of fused-ring (bicyclic) bond motifs is 3. The molecule has 3 aliphatic rings.